The lowest BCUT2D eigenvalue weighted by Crippen LogP contribution is -2.28. The molecule has 0 fully saturated rings. The minimum Gasteiger partial charge on any atom is -0.497 e. The molecule has 5 nitrogen and oxygen atoms in total. The van der Waals surface area contributed by atoms with Gasteiger partial charge in [-0.25, -0.2) is 4.98 Å². The van der Waals surface area contributed by atoms with E-state index in [-0.39, 0.29) is 11.9 Å². The van der Waals surface area contributed by atoms with Crippen LogP contribution in [0.1, 0.15) is 30.0 Å². The van der Waals surface area contributed by atoms with E-state index in [1.165, 1.54) is 11.8 Å². The van der Waals surface area contributed by atoms with E-state index in [1.54, 1.807) is 7.11 Å². The molecule has 1 heterocycles. The standard InChI is InChI=1S/C22H24N2O3S/c1-15(17-7-5-4-6-8-17)23-21(25)14-28-13-20-16(2)27-22(24-20)18-9-11-19(26-3)12-10-18/h4-12,15H,13-14H2,1-3H3,(H,23,25)/t15-/m1/s1. The number of nitrogens with one attached hydrogen (secondary N) is 1. The molecule has 2 aromatic carbocycles. The molecule has 1 atom stereocenters. The molecule has 0 saturated heterocycles. The van der Waals surface area contributed by atoms with Crippen LogP contribution in [0.3, 0.4) is 0 Å². The van der Waals surface area contributed by atoms with Gasteiger partial charge in [-0.2, -0.15) is 0 Å². The van der Waals surface area contributed by atoms with E-state index >= 15 is 0 Å². The summed E-state index contributed by atoms with van der Waals surface area (Å²) >= 11 is 1.53. The summed E-state index contributed by atoms with van der Waals surface area (Å²) in [6, 6.07) is 17.5. The van der Waals surface area contributed by atoms with Gasteiger partial charge >= 0.3 is 0 Å². The number of methoxy groups -OCH3 is 1. The summed E-state index contributed by atoms with van der Waals surface area (Å²) in [4.78, 5) is 16.8. The number of rotatable bonds is 8. The summed E-state index contributed by atoms with van der Waals surface area (Å²) in [6.45, 7) is 3.88. The minimum atomic E-state index is -0.00948. The Kier molecular flexibility index (Phi) is 6.76. The summed E-state index contributed by atoms with van der Waals surface area (Å²) < 4.78 is 11.0. The molecule has 0 aliphatic carbocycles. The number of hydrogen-bond acceptors (Lipinski definition) is 5. The Balaban J connectivity index is 1.52. The zero-order valence-electron chi connectivity index (χ0n) is 16.3. The number of benzene rings is 2. The SMILES string of the molecule is COc1ccc(-c2nc(CSCC(=O)N[C@H](C)c3ccccc3)c(C)o2)cc1. The predicted octanol–water partition coefficient (Wildman–Crippen LogP) is 4.77. The van der Waals surface area contributed by atoms with Gasteiger partial charge in [0.25, 0.3) is 0 Å². The molecule has 1 aromatic heterocycles. The number of carbonyl (C=O) groups is 1. The van der Waals surface area contributed by atoms with Gasteiger partial charge in [0.2, 0.25) is 11.8 Å². The molecule has 3 aromatic rings. The van der Waals surface area contributed by atoms with Gasteiger partial charge in [0.1, 0.15) is 11.5 Å². The summed E-state index contributed by atoms with van der Waals surface area (Å²) in [5.41, 5.74) is 2.85. The number of hydrogen-bond donors (Lipinski definition) is 1. The molecule has 28 heavy (non-hydrogen) atoms. The quantitative estimate of drug-likeness (QED) is 0.594. The van der Waals surface area contributed by atoms with E-state index < -0.39 is 0 Å². The van der Waals surface area contributed by atoms with Crippen LogP contribution in [0.15, 0.2) is 59.0 Å². The third-order valence-corrected chi connectivity index (χ3v) is 5.32. The van der Waals surface area contributed by atoms with Gasteiger partial charge in [0, 0.05) is 11.3 Å². The molecule has 1 N–H and O–H groups in total. The molecule has 0 spiro atoms. The molecule has 0 aliphatic rings. The highest BCUT2D eigenvalue weighted by Crippen LogP contribution is 2.26. The number of ether oxygens (including phenoxy) is 1. The second-order valence-corrected chi connectivity index (χ2v) is 7.43. The van der Waals surface area contributed by atoms with Crippen molar-refractivity contribution in [2.45, 2.75) is 25.6 Å². The molecule has 6 heteroatoms. The van der Waals surface area contributed by atoms with Crippen molar-refractivity contribution in [2.24, 2.45) is 0 Å². The van der Waals surface area contributed by atoms with Crippen LogP contribution in [0.25, 0.3) is 11.5 Å². The maximum Gasteiger partial charge on any atom is 0.230 e. The van der Waals surface area contributed by atoms with Gasteiger partial charge in [0.15, 0.2) is 0 Å². The third-order valence-electron chi connectivity index (χ3n) is 4.38. The first-order valence-electron chi connectivity index (χ1n) is 9.09. The summed E-state index contributed by atoms with van der Waals surface area (Å²) in [5.74, 6) is 3.16. The molecule has 3 rings (SSSR count). The van der Waals surface area contributed by atoms with Gasteiger partial charge in [0.05, 0.1) is 24.6 Å². The number of oxazole rings is 1. The number of aromatic nitrogens is 1. The van der Waals surface area contributed by atoms with Gasteiger partial charge < -0.3 is 14.5 Å². The van der Waals surface area contributed by atoms with E-state index in [2.05, 4.69) is 10.3 Å². The van der Waals surface area contributed by atoms with Crippen LogP contribution in [0.4, 0.5) is 0 Å². The van der Waals surface area contributed by atoms with E-state index in [1.807, 2.05) is 68.4 Å². The number of thioether (sulfide) groups is 1. The number of nitrogens with zero attached hydrogens (tertiary/aromatic N) is 1. The highest BCUT2D eigenvalue weighted by atomic mass is 32.2. The van der Waals surface area contributed by atoms with Crippen molar-refractivity contribution in [1.29, 1.82) is 0 Å². The Hall–Kier alpha value is -2.73. The molecule has 0 bridgehead atoms. The van der Waals surface area contributed by atoms with Crippen molar-refractivity contribution < 1.29 is 13.9 Å². The van der Waals surface area contributed by atoms with Crippen LogP contribution in [0, 0.1) is 6.92 Å². The normalized spacial score (nSPS) is 11.8. The van der Waals surface area contributed by atoms with E-state index in [0.29, 0.717) is 17.4 Å². The van der Waals surface area contributed by atoms with Crippen LogP contribution >= 0.6 is 11.8 Å². The molecular formula is C22H24N2O3S. The smallest absolute Gasteiger partial charge is 0.230 e. The Morgan fingerprint density at radius 2 is 1.89 bits per heavy atom. The largest absolute Gasteiger partial charge is 0.497 e. The van der Waals surface area contributed by atoms with Gasteiger partial charge in [-0.3, -0.25) is 4.79 Å². The fourth-order valence-corrected chi connectivity index (χ4v) is 3.60. The number of aryl methyl sites for hydroxylation is 1. The summed E-state index contributed by atoms with van der Waals surface area (Å²) in [6.07, 6.45) is 0. The maximum atomic E-state index is 12.2. The average molecular weight is 397 g/mol. The zero-order chi connectivity index (χ0) is 19.9. The number of carbonyl (C=O) groups excluding carboxylic acids is 1. The first-order valence-corrected chi connectivity index (χ1v) is 10.2. The van der Waals surface area contributed by atoms with Crippen LogP contribution < -0.4 is 10.1 Å². The fraction of sp³-hybridized carbons (Fsp3) is 0.273. The lowest BCUT2D eigenvalue weighted by molar-refractivity contribution is -0.119. The Labute approximate surface area is 169 Å². The van der Waals surface area contributed by atoms with Crippen LogP contribution in [0.2, 0.25) is 0 Å². The van der Waals surface area contributed by atoms with Crippen molar-refractivity contribution in [3.63, 3.8) is 0 Å². The van der Waals surface area contributed by atoms with Crippen molar-refractivity contribution >= 4 is 17.7 Å². The van der Waals surface area contributed by atoms with Crippen LogP contribution in [-0.2, 0) is 10.5 Å². The Morgan fingerprint density at radius 1 is 1.18 bits per heavy atom. The summed E-state index contributed by atoms with van der Waals surface area (Å²) in [7, 11) is 1.64. The Morgan fingerprint density at radius 3 is 2.57 bits per heavy atom. The van der Waals surface area contributed by atoms with E-state index in [9.17, 15) is 4.79 Å². The lowest BCUT2D eigenvalue weighted by atomic mass is 10.1. The zero-order valence-corrected chi connectivity index (χ0v) is 17.1. The first-order chi connectivity index (χ1) is 13.6. The first kappa shape index (κ1) is 20.0. The van der Waals surface area contributed by atoms with Crippen molar-refractivity contribution in [3.8, 4) is 17.2 Å². The van der Waals surface area contributed by atoms with Crippen LogP contribution in [0.5, 0.6) is 5.75 Å². The van der Waals surface area contributed by atoms with Crippen molar-refractivity contribution in [1.82, 2.24) is 10.3 Å². The molecular weight excluding hydrogens is 372 g/mol. The predicted molar refractivity (Wildman–Crippen MR) is 112 cm³/mol. The van der Waals surface area contributed by atoms with Gasteiger partial charge in [-0.05, 0) is 43.7 Å². The van der Waals surface area contributed by atoms with Crippen molar-refractivity contribution in [3.05, 3.63) is 71.6 Å². The molecule has 0 unspecified atom stereocenters. The fourth-order valence-electron chi connectivity index (χ4n) is 2.77. The van der Waals surface area contributed by atoms with Gasteiger partial charge in [-0.1, -0.05) is 30.3 Å². The molecule has 1 amide bonds. The van der Waals surface area contributed by atoms with E-state index in [0.717, 1.165) is 28.3 Å². The maximum absolute atomic E-state index is 12.2. The topological polar surface area (TPSA) is 64.4 Å². The highest BCUT2D eigenvalue weighted by Gasteiger charge is 2.13. The second-order valence-electron chi connectivity index (χ2n) is 6.44. The lowest BCUT2D eigenvalue weighted by Gasteiger charge is -2.13. The second kappa shape index (κ2) is 9.46. The van der Waals surface area contributed by atoms with Crippen molar-refractivity contribution in [2.75, 3.05) is 12.9 Å². The van der Waals surface area contributed by atoms with Gasteiger partial charge in [-0.15, -0.1) is 11.8 Å². The number of amides is 1. The highest BCUT2D eigenvalue weighted by molar-refractivity contribution is 7.99. The molecule has 0 saturated carbocycles. The third kappa shape index (κ3) is 5.16. The van der Waals surface area contributed by atoms with Crippen LogP contribution in [-0.4, -0.2) is 23.8 Å². The average Bonchev–Trinajstić information content (AvgIpc) is 3.09. The Bertz CT molecular complexity index is 907. The molecule has 0 radical (unpaired) electrons. The minimum absolute atomic E-state index is 0.00948. The van der Waals surface area contributed by atoms with E-state index in [4.69, 9.17) is 9.15 Å². The molecule has 0 aliphatic heterocycles. The monoisotopic (exact) mass is 396 g/mol. The molecule has 146 valence electrons. The summed E-state index contributed by atoms with van der Waals surface area (Å²) in [5, 5.41) is 3.02.